The minimum absolute atomic E-state index is 0.0237. The van der Waals surface area contributed by atoms with Crippen LogP contribution in [-0.2, 0) is 35.0 Å². The molecule has 0 saturated carbocycles. The summed E-state index contributed by atoms with van der Waals surface area (Å²) in [5.41, 5.74) is 0.910. The minimum atomic E-state index is -0.719. The summed E-state index contributed by atoms with van der Waals surface area (Å²) in [5.74, 6) is -0.937. The molecule has 3 heterocycles. The summed E-state index contributed by atoms with van der Waals surface area (Å²) in [5, 5.41) is 29.5. The highest BCUT2D eigenvalue weighted by Crippen LogP contribution is 2.33. The smallest absolute Gasteiger partial charge is 0.342 e. The number of amides is 3. The predicted octanol–water partition coefficient (Wildman–Crippen LogP) is 2.95. The highest BCUT2D eigenvalue weighted by atomic mass is 32.2. The van der Waals surface area contributed by atoms with Crippen LogP contribution in [-0.4, -0.2) is 115 Å². The van der Waals surface area contributed by atoms with Gasteiger partial charge in [-0.3, -0.25) is 9.79 Å². The normalized spacial score (nSPS) is 25.7. The van der Waals surface area contributed by atoms with Crippen molar-refractivity contribution in [3.8, 4) is 11.5 Å². The van der Waals surface area contributed by atoms with Crippen LogP contribution in [0.15, 0.2) is 41.4 Å². The topological polar surface area (TPSA) is 194 Å². The van der Waals surface area contributed by atoms with Crippen molar-refractivity contribution in [2.75, 3.05) is 45.8 Å². The number of fused-ring (bicyclic) bond motifs is 2. The number of urea groups is 1. The first-order chi connectivity index (χ1) is 24.1. The molecule has 1 aromatic carbocycles. The van der Waals surface area contributed by atoms with E-state index in [0.717, 1.165) is 31.1 Å². The molecule has 2 fully saturated rings. The van der Waals surface area contributed by atoms with Crippen molar-refractivity contribution < 1.29 is 48.3 Å². The Morgan fingerprint density at radius 3 is 2.72 bits per heavy atom. The molecular weight excluding hydrogens is 668 g/mol. The van der Waals surface area contributed by atoms with Crippen LogP contribution in [0.2, 0.25) is 0 Å². The van der Waals surface area contributed by atoms with E-state index >= 15 is 0 Å². The highest BCUT2D eigenvalue weighted by Gasteiger charge is 2.42. The van der Waals surface area contributed by atoms with E-state index in [-0.39, 0.29) is 67.3 Å². The lowest BCUT2D eigenvalue weighted by molar-refractivity contribution is -0.152. The van der Waals surface area contributed by atoms with Gasteiger partial charge >= 0.3 is 18.0 Å². The first-order valence-electron chi connectivity index (χ1n) is 17.0. The van der Waals surface area contributed by atoms with Gasteiger partial charge in [0, 0.05) is 62.1 Å². The maximum absolute atomic E-state index is 12.9. The molecule has 2 saturated heterocycles. The van der Waals surface area contributed by atoms with Gasteiger partial charge in [0.2, 0.25) is 5.91 Å². The lowest BCUT2D eigenvalue weighted by atomic mass is 9.99. The van der Waals surface area contributed by atoms with Gasteiger partial charge in [-0.05, 0) is 43.5 Å². The Morgan fingerprint density at radius 1 is 1.08 bits per heavy atom. The monoisotopic (exact) mass is 716 g/mol. The molecule has 14 nitrogen and oxygen atoms in total. The fourth-order valence-corrected chi connectivity index (χ4v) is 7.41. The molecule has 1 aromatic rings. The predicted molar refractivity (Wildman–Crippen MR) is 188 cm³/mol. The van der Waals surface area contributed by atoms with E-state index in [4.69, 9.17) is 18.9 Å². The molecular formula is C35H48N4O10S. The molecule has 0 aliphatic carbocycles. The molecule has 3 aliphatic heterocycles. The molecule has 15 heteroatoms. The van der Waals surface area contributed by atoms with Crippen LogP contribution in [0.1, 0.15) is 61.4 Å². The van der Waals surface area contributed by atoms with Crippen LogP contribution in [0.5, 0.6) is 11.5 Å². The quantitative estimate of drug-likeness (QED) is 0.0823. The number of hydrogen-bond acceptors (Lipinski definition) is 12. The Hall–Kier alpha value is -4.08. The van der Waals surface area contributed by atoms with Gasteiger partial charge < -0.3 is 45.1 Å². The Morgan fingerprint density at radius 2 is 1.90 bits per heavy atom. The van der Waals surface area contributed by atoms with E-state index in [1.807, 2.05) is 11.8 Å². The van der Waals surface area contributed by atoms with Gasteiger partial charge in [-0.1, -0.05) is 18.6 Å². The van der Waals surface area contributed by atoms with E-state index < -0.39 is 24.1 Å². The summed E-state index contributed by atoms with van der Waals surface area (Å²) in [4.78, 5) is 53.3. The zero-order valence-corrected chi connectivity index (χ0v) is 29.4. The van der Waals surface area contributed by atoms with Crippen molar-refractivity contribution in [3.63, 3.8) is 0 Å². The van der Waals surface area contributed by atoms with E-state index in [9.17, 15) is 29.4 Å². The van der Waals surface area contributed by atoms with Crippen LogP contribution in [0.4, 0.5) is 4.79 Å². The van der Waals surface area contributed by atoms with Gasteiger partial charge in [-0.25, -0.2) is 14.4 Å². The lowest BCUT2D eigenvalue weighted by Gasteiger charge is -2.17. The third kappa shape index (κ3) is 12.4. The fourth-order valence-electron chi connectivity index (χ4n) is 5.87. The number of phenolic OH excluding ortho intramolecular Hbond substituents is 2. The molecule has 274 valence electrons. The molecule has 0 radical (unpaired) electrons. The van der Waals surface area contributed by atoms with Crippen molar-refractivity contribution in [2.45, 2.75) is 81.4 Å². The molecule has 0 bridgehead atoms. The van der Waals surface area contributed by atoms with Gasteiger partial charge in [0.25, 0.3) is 0 Å². The third-order valence-electron chi connectivity index (χ3n) is 8.38. The highest BCUT2D eigenvalue weighted by molar-refractivity contribution is 8.00. The number of cyclic esters (lactones) is 1. The number of unbranched alkanes of at least 4 members (excludes halogenated alkanes) is 1. The molecule has 4 rings (SSSR count). The fraction of sp³-hybridized carbons (Fsp3) is 0.571. The van der Waals surface area contributed by atoms with Crippen LogP contribution in [0.25, 0.3) is 0 Å². The number of rotatable bonds is 14. The first-order valence-corrected chi connectivity index (χ1v) is 18.0. The number of allylic oxidation sites excluding steroid dienone is 1. The van der Waals surface area contributed by atoms with E-state index in [2.05, 4.69) is 20.9 Å². The summed E-state index contributed by atoms with van der Waals surface area (Å²) >= 11 is 1.87. The summed E-state index contributed by atoms with van der Waals surface area (Å²) in [6.45, 7) is 2.55. The van der Waals surface area contributed by atoms with Crippen molar-refractivity contribution in [1.82, 2.24) is 16.0 Å². The molecule has 3 amide bonds. The Balaban J connectivity index is 1.10. The summed E-state index contributed by atoms with van der Waals surface area (Å²) in [6.07, 6.45) is 9.83. The van der Waals surface area contributed by atoms with Crippen molar-refractivity contribution in [1.29, 1.82) is 0 Å². The number of hydrogen-bond donors (Lipinski definition) is 5. The molecule has 3 aliphatic rings. The summed E-state index contributed by atoms with van der Waals surface area (Å²) in [7, 11) is 1.59. The first kappa shape index (κ1) is 38.7. The second-order valence-electron chi connectivity index (χ2n) is 12.3. The Bertz CT molecular complexity index is 1430. The largest absolute Gasteiger partial charge is 0.508 e. The number of nitrogens with one attached hydrogen (secondary N) is 3. The number of aliphatic imine (C=N–C) groups is 1. The van der Waals surface area contributed by atoms with E-state index in [1.54, 1.807) is 38.3 Å². The molecule has 5 N–H and O–H groups in total. The van der Waals surface area contributed by atoms with Crippen molar-refractivity contribution in [2.24, 2.45) is 4.99 Å². The van der Waals surface area contributed by atoms with Crippen LogP contribution >= 0.6 is 11.8 Å². The van der Waals surface area contributed by atoms with Crippen molar-refractivity contribution >= 4 is 41.4 Å². The number of ether oxygens (including phenoxy) is 4. The summed E-state index contributed by atoms with van der Waals surface area (Å²) < 4.78 is 22.0. The van der Waals surface area contributed by atoms with Gasteiger partial charge in [0.15, 0.2) is 0 Å². The van der Waals surface area contributed by atoms with Gasteiger partial charge in [-0.15, -0.1) is 0 Å². The molecule has 5 atom stereocenters. The van der Waals surface area contributed by atoms with Gasteiger partial charge in [0.05, 0.1) is 31.9 Å². The molecule has 0 spiro atoms. The Kier molecular flexibility index (Phi) is 15.4. The molecule has 0 aromatic heterocycles. The second-order valence-corrected chi connectivity index (χ2v) is 13.6. The number of nitrogens with zero attached hydrogens (tertiary/aromatic N) is 1. The van der Waals surface area contributed by atoms with Gasteiger partial charge in [0.1, 0.15) is 35.9 Å². The number of carbonyl (C=O) groups excluding carboxylic acids is 4. The average molecular weight is 717 g/mol. The lowest BCUT2D eigenvalue weighted by Crippen LogP contribution is -2.36. The van der Waals surface area contributed by atoms with E-state index in [0.29, 0.717) is 48.9 Å². The van der Waals surface area contributed by atoms with E-state index in [1.165, 1.54) is 6.07 Å². The van der Waals surface area contributed by atoms with Crippen LogP contribution < -0.4 is 16.0 Å². The minimum Gasteiger partial charge on any atom is -0.508 e. The summed E-state index contributed by atoms with van der Waals surface area (Å²) in [6, 6.07) is 2.80. The number of aromatic hydroxyl groups is 2. The number of phenols is 2. The average Bonchev–Trinajstić information content (AvgIpc) is 3.61. The SMILES string of the molecule is CN=C1/C=C/CC(OC(=O)COCCOCCNC(=O)CCCC[C@@H]2SC[C@@H]3NC(=O)N[C@@H]32)/C=C/C[C@@H](C)OC(=O)c2c(O)cc(O)cc2C1. The maximum atomic E-state index is 12.9. The number of benzene rings is 1. The number of esters is 2. The zero-order chi connectivity index (χ0) is 35.9. The third-order valence-corrected chi connectivity index (χ3v) is 9.89. The van der Waals surface area contributed by atoms with Gasteiger partial charge in [-0.2, -0.15) is 11.8 Å². The Labute approximate surface area is 296 Å². The molecule has 50 heavy (non-hydrogen) atoms. The number of carbonyl (C=O) groups is 4. The zero-order valence-electron chi connectivity index (χ0n) is 28.6. The standard InChI is InChI=1S/C35H48N4O10S/c1-22-7-5-9-26(10-6-8-24(36-2)17-23-18-25(40)19-28(41)32(23)34(44)48-22)49-31(43)20-47-16-15-46-14-13-37-30(42)12-4-3-11-29-33-27(21-50-29)38-35(45)39-33/h5-6,8-9,18-19,22,26-27,29,33,40-41H,3-4,7,10-17,20-21H2,1-2H3,(H,37,42)(H2,38,39,45)/b8-6+,9-5+,36-24?/t22-,26?,27+,29+,33+/m1/s1. The second kappa shape index (κ2) is 19.9. The molecule has 1 unspecified atom stereocenters. The maximum Gasteiger partial charge on any atom is 0.342 e. The number of thioether (sulfide) groups is 1. The van der Waals surface area contributed by atoms with Crippen LogP contribution in [0, 0.1) is 0 Å². The van der Waals surface area contributed by atoms with Crippen LogP contribution in [0.3, 0.4) is 0 Å². The van der Waals surface area contributed by atoms with Crippen molar-refractivity contribution in [3.05, 3.63) is 47.6 Å².